The van der Waals surface area contributed by atoms with Crippen LogP contribution in [0.4, 0.5) is 0 Å². The van der Waals surface area contributed by atoms with E-state index in [-0.39, 0.29) is 12.5 Å². The Morgan fingerprint density at radius 1 is 1.38 bits per heavy atom. The first-order chi connectivity index (χ1) is 10.1. The smallest absolute Gasteiger partial charge is 0.258 e. The number of pyridine rings is 1. The van der Waals surface area contributed by atoms with Gasteiger partial charge >= 0.3 is 0 Å². The van der Waals surface area contributed by atoms with E-state index in [1.165, 1.54) is 11.1 Å². The van der Waals surface area contributed by atoms with E-state index in [9.17, 15) is 4.79 Å². The molecule has 0 radical (unpaired) electrons. The van der Waals surface area contributed by atoms with Crippen molar-refractivity contribution in [1.82, 2.24) is 9.88 Å². The summed E-state index contributed by atoms with van der Waals surface area (Å²) in [6.45, 7) is 2.16. The first kappa shape index (κ1) is 15.0. The molecule has 0 bridgehead atoms. The fourth-order valence-electron chi connectivity index (χ4n) is 1.94. The Bertz CT molecular complexity index is 680. The maximum absolute atomic E-state index is 12.5. The predicted molar refractivity (Wildman–Crippen MR) is 80.8 cm³/mol. The molecule has 0 aliphatic heterocycles. The number of amides is 1. The van der Waals surface area contributed by atoms with Crippen LogP contribution in [-0.2, 0) is 6.54 Å². The summed E-state index contributed by atoms with van der Waals surface area (Å²) in [7, 11) is 0. The Kier molecular flexibility index (Phi) is 4.91. The van der Waals surface area contributed by atoms with E-state index >= 15 is 0 Å². The first-order valence-electron chi connectivity index (χ1n) is 6.44. The van der Waals surface area contributed by atoms with Crippen molar-refractivity contribution in [3.8, 4) is 6.07 Å². The minimum absolute atomic E-state index is 0.00205. The number of carbonyl (C=O) groups is 1. The molecule has 0 aliphatic carbocycles. The molecule has 0 saturated carbocycles. The summed E-state index contributed by atoms with van der Waals surface area (Å²) in [6.07, 6.45) is 1.45. The molecule has 4 nitrogen and oxygen atoms in total. The largest absolute Gasteiger partial charge is 0.321 e. The Morgan fingerprint density at radius 3 is 2.71 bits per heavy atom. The van der Waals surface area contributed by atoms with E-state index in [1.54, 1.807) is 13.0 Å². The van der Waals surface area contributed by atoms with Crippen molar-refractivity contribution in [3.63, 3.8) is 0 Å². The van der Waals surface area contributed by atoms with Crippen molar-refractivity contribution in [2.75, 3.05) is 6.54 Å². The van der Waals surface area contributed by atoms with Crippen LogP contribution >= 0.6 is 11.6 Å². The van der Waals surface area contributed by atoms with Crippen molar-refractivity contribution in [1.29, 1.82) is 5.26 Å². The maximum Gasteiger partial charge on any atom is 0.258 e. The van der Waals surface area contributed by atoms with E-state index in [0.29, 0.717) is 17.1 Å². The van der Waals surface area contributed by atoms with Crippen LogP contribution in [0.25, 0.3) is 0 Å². The topological polar surface area (TPSA) is 57.0 Å². The molecule has 0 atom stereocenters. The summed E-state index contributed by atoms with van der Waals surface area (Å²) >= 11 is 6.10. The average Bonchev–Trinajstić information content (AvgIpc) is 2.47. The van der Waals surface area contributed by atoms with Crippen molar-refractivity contribution < 1.29 is 4.79 Å². The predicted octanol–water partition coefficient (Wildman–Crippen LogP) is 3.21. The van der Waals surface area contributed by atoms with Crippen LogP contribution in [0.2, 0.25) is 5.02 Å². The first-order valence-corrected chi connectivity index (χ1v) is 6.82. The Morgan fingerprint density at radius 2 is 2.10 bits per heavy atom. The Balaban J connectivity index is 2.25. The molecular weight excluding hydrogens is 286 g/mol. The van der Waals surface area contributed by atoms with Crippen molar-refractivity contribution in [3.05, 3.63) is 64.4 Å². The van der Waals surface area contributed by atoms with Gasteiger partial charge in [0.2, 0.25) is 0 Å². The lowest BCUT2D eigenvalue weighted by Crippen LogP contribution is -2.31. The second-order valence-corrected chi connectivity index (χ2v) is 5.02. The second-order valence-electron chi connectivity index (χ2n) is 4.61. The monoisotopic (exact) mass is 299 g/mol. The lowest BCUT2D eigenvalue weighted by Gasteiger charge is -2.20. The average molecular weight is 300 g/mol. The molecule has 0 aliphatic rings. The van der Waals surface area contributed by atoms with Gasteiger partial charge in [-0.25, -0.2) is 0 Å². The molecule has 1 aromatic carbocycles. The SMILES string of the molecule is Cc1cc(Cl)c(C(=O)N(CC#N)Cc2ccccc2)cn1. The molecule has 0 saturated heterocycles. The molecule has 0 spiro atoms. The Labute approximate surface area is 128 Å². The van der Waals surface area contributed by atoms with Gasteiger partial charge in [0.15, 0.2) is 0 Å². The number of hydrogen-bond donors (Lipinski definition) is 0. The molecule has 1 aromatic heterocycles. The van der Waals surface area contributed by atoms with Gasteiger partial charge in [0.1, 0.15) is 6.54 Å². The second kappa shape index (κ2) is 6.87. The number of rotatable bonds is 4. The number of nitriles is 1. The van der Waals surface area contributed by atoms with Gasteiger partial charge in [0.05, 0.1) is 16.7 Å². The molecule has 1 heterocycles. The molecule has 0 fully saturated rings. The van der Waals surface area contributed by atoms with Crippen LogP contribution in [0.3, 0.4) is 0 Å². The summed E-state index contributed by atoms with van der Waals surface area (Å²) in [5.41, 5.74) is 2.01. The number of nitrogens with zero attached hydrogens (tertiary/aromatic N) is 3. The highest BCUT2D eigenvalue weighted by molar-refractivity contribution is 6.33. The summed E-state index contributed by atoms with van der Waals surface area (Å²) in [5.74, 6) is -0.294. The number of benzene rings is 1. The van der Waals surface area contributed by atoms with E-state index in [2.05, 4.69) is 4.98 Å². The zero-order valence-corrected chi connectivity index (χ0v) is 12.3. The third kappa shape index (κ3) is 3.80. The fraction of sp³-hybridized carbons (Fsp3) is 0.188. The molecule has 0 N–H and O–H groups in total. The van der Waals surface area contributed by atoms with Gasteiger partial charge in [-0.2, -0.15) is 5.26 Å². The van der Waals surface area contributed by atoms with Crippen molar-refractivity contribution >= 4 is 17.5 Å². The minimum atomic E-state index is -0.294. The van der Waals surface area contributed by atoms with Crippen LogP contribution in [0.1, 0.15) is 21.6 Å². The van der Waals surface area contributed by atoms with Gasteiger partial charge in [0.25, 0.3) is 5.91 Å². The van der Waals surface area contributed by atoms with Crippen LogP contribution in [0.15, 0.2) is 42.6 Å². The van der Waals surface area contributed by atoms with E-state index in [1.807, 2.05) is 36.4 Å². The van der Waals surface area contributed by atoms with Crippen LogP contribution in [0.5, 0.6) is 0 Å². The summed E-state index contributed by atoms with van der Waals surface area (Å²) in [4.78, 5) is 18.1. The molecule has 2 rings (SSSR count). The Hall–Kier alpha value is -2.38. The quantitative estimate of drug-likeness (QED) is 0.815. The highest BCUT2D eigenvalue weighted by Gasteiger charge is 2.19. The number of hydrogen-bond acceptors (Lipinski definition) is 3. The van der Waals surface area contributed by atoms with Crippen LogP contribution < -0.4 is 0 Å². The van der Waals surface area contributed by atoms with Gasteiger partial charge < -0.3 is 4.90 Å². The molecule has 21 heavy (non-hydrogen) atoms. The van der Waals surface area contributed by atoms with Crippen molar-refractivity contribution in [2.24, 2.45) is 0 Å². The lowest BCUT2D eigenvalue weighted by atomic mass is 10.2. The van der Waals surface area contributed by atoms with E-state index in [0.717, 1.165) is 11.3 Å². The van der Waals surface area contributed by atoms with E-state index < -0.39 is 0 Å². The van der Waals surface area contributed by atoms with Gasteiger partial charge in [0, 0.05) is 18.4 Å². The third-order valence-electron chi connectivity index (χ3n) is 2.99. The van der Waals surface area contributed by atoms with Gasteiger partial charge in [-0.15, -0.1) is 0 Å². The van der Waals surface area contributed by atoms with Gasteiger partial charge in [-0.05, 0) is 18.6 Å². The summed E-state index contributed by atoms with van der Waals surface area (Å²) in [6, 6.07) is 13.2. The number of aryl methyl sites for hydroxylation is 1. The number of aromatic nitrogens is 1. The normalized spacial score (nSPS) is 9.95. The van der Waals surface area contributed by atoms with E-state index in [4.69, 9.17) is 16.9 Å². The van der Waals surface area contributed by atoms with Gasteiger partial charge in [-0.1, -0.05) is 41.9 Å². The fourth-order valence-corrected chi connectivity index (χ4v) is 2.23. The maximum atomic E-state index is 12.5. The zero-order chi connectivity index (χ0) is 15.2. The van der Waals surface area contributed by atoms with Crippen LogP contribution in [0, 0.1) is 18.3 Å². The highest BCUT2D eigenvalue weighted by atomic mass is 35.5. The number of carbonyl (C=O) groups excluding carboxylic acids is 1. The minimum Gasteiger partial charge on any atom is -0.321 e. The van der Waals surface area contributed by atoms with Crippen molar-refractivity contribution in [2.45, 2.75) is 13.5 Å². The number of halogens is 1. The zero-order valence-electron chi connectivity index (χ0n) is 11.6. The standard InChI is InChI=1S/C16H14ClN3O/c1-12-9-15(17)14(10-19-12)16(21)20(8-7-18)11-13-5-3-2-4-6-13/h2-6,9-10H,8,11H2,1H3. The molecule has 106 valence electrons. The third-order valence-corrected chi connectivity index (χ3v) is 3.30. The molecule has 1 amide bonds. The molecule has 0 unspecified atom stereocenters. The molecule has 5 heteroatoms. The van der Waals surface area contributed by atoms with Crippen LogP contribution in [-0.4, -0.2) is 22.3 Å². The summed E-state index contributed by atoms with van der Waals surface area (Å²) < 4.78 is 0. The molecule has 2 aromatic rings. The lowest BCUT2D eigenvalue weighted by molar-refractivity contribution is 0.0764. The molecular formula is C16H14ClN3O. The summed E-state index contributed by atoms with van der Waals surface area (Å²) in [5, 5.41) is 9.28. The van der Waals surface area contributed by atoms with Gasteiger partial charge in [-0.3, -0.25) is 9.78 Å². The highest BCUT2D eigenvalue weighted by Crippen LogP contribution is 2.18.